The van der Waals surface area contributed by atoms with Crippen molar-refractivity contribution >= 4 is 17.9 Å². The van der Waals surface area contributed by atoms with Crippen molar-refractivity contribution < 1.29 is 9.59 Å². The molecule has 0 saturated carbocycles. The van der Waals surface area contributed by atoms with Gasteiger partial charge in [0.05, 0.1) is 0 Å². The molecule has 2 saturated heterocycles. The minimum atomic E-state index is -0.490. The lowest BCUT2D eigenvalue weighted by atomic mass is 10.1. The predicted molar refractivity (Wildman–Crippen MR) is 126 cm³/mol. The molecule has 2 atom stereocenters. The van der Waals surface area contributed by atoms with Crippen LogP contribution in [0.15, 0.2) is 46.7 Å². The lowest BCUT2D eigenvalue weighted by Crippen LogP contribution is -2.63. The van der Waals surface area contributed by atoms with Gasteiger partial charge in [0.2, 0.25) is 5.96 Å². The second kappa shape index (κ2) is 8.79. The van der Waals surface area contributed by atoms with E-state index >= 15 is 0 Å². The van der Waals surface area contributed by atoms with Gasteiger partial charge in [0.25, 0.3) is 5.91 Å². The largest absolute Gasteiger partial charge is 0.325 e. The first-order valence-electron chi connectivity index (χ1n) is 11.8. The minimum Gasteiger partial charge on any atom is -0.313 e. The molecule has 4 aliphatic rings. The van der Waals surface area contributed by atoms with Gasteiger partial charge >= 0.3 is 6.03 Å². The average molecular weight is 452 g/mol. The van der Waals surface area contributed by atoms with Crippen LogP contribution in [0.1, 0.15) is 19.4 Å². The van der Waals surface area contributed by atoms with Gasteiger partial charge in [0.1, 0.15) is 0 Å². The molecule has 176 valence electrons. The van der Waals surface area contributed by atoms with Crippen molar-refractivity contribution in [3.63, 3.8) is 0 Å². The van der Waals surface area contributed by atoms with Crippen molar-refractivity contribution in [2.75, 3.05) is 52.9 Å². The van der Waals surface area contributed by atoms with Crippen LogP contribution in [0, 0.1) is 0 Å². The Labute approximate surface area is 195 Å². The lowest BCUT2D eigenvalue weighted by molar-refractivity contribution is -0.126. The summed E-state index contributed by atoms with van der Waals surface area (Å²) < 4.78 is 0. The van der Waals surface area contributed by atoms with Crippen LogP contribution >= 0.6 is 0 Å². The molecule has 4 aliphatic heterocycles. The van der Waals surface area contributed by atoms with Crippen LogP contribution in [0.25, 0.3) is 0 Å². The van der Waals surface area contributed by atoms with Crippen molar-refractivity contribution in [1.29, 1.82) is 0 Å². The van der Waals surface area contributed by atoms with E-state index in [0.717, 1.165) is 69.6 Å². The Hall–Kier alpha value is -2.91. The van der Waals surface area contributed by atoms with Gasteiger partial charge in [0.15, 0.2) is 12.2 Å². The number of fused-ring (bicyclic) bond motifs is 3. The van der Waals surface area contributed by atoms with Crippen LogP contribution in [0.2, 0.25) is 0 Å². The molecule has 2 unspecified atom stereocenters. The molecular formula is C24H33N7O2. The van der Waals surface area contributed by atoms with Crippen LogP contribution < -0.4 is 5.32 Å². The quantitative estimate of drug-likeness (QED) is 0.695. The van der Waals surface area contributed by atoms with E-state index in [-0.39, 0.29) is 11.9 Å². The number of benzene rings is 1. The topological polar surface area (TPSA) is 74.7 Å². The number of carbonyl (C=O) groups is 2. The summed E-state index contributed by atoms with van der Waals surface area (Å²) in [5.74, 6) is 0.515. The van der Waals surface area contributed by atoms with E-state index in [1.807, 2.05) is 11.8 Å². The first-order chi connectivity index (χ1) is 15.9. The van der Waals surface area contributed by atoms with Crippen LogP contribution in [0.3, 0.4) is 0 Å². The van der Waals surface area contributed by atoms with Gasteiger partial charge < -0.3 is 14.7 Å². The minimum absolute atomic E-state index is 0.275. The normalized spacial score (nSPS) is 26.0. The zero-order chi connectivity index (χ0) is 23.1. The average Bonchev–Trinajstić information content (AvgIpc) is 3.32. The fourth-order valence-corrected chi connectivity index (χ4v) is 5.20. The molecule has 0 aliphatic carbocycles. The van der Waals surface area contributed by atoms with Gasteiger partial charge in [-0.05, 0) is 25.8 Å². The number of imide groups is 1. The summed E-state index contributed by atoms with van der Waals surface area (Å²) in [4.78, 5) is 40.2. The fraction of sp³-hybridized carbons (Fsp3) is 0.542. The number of rotatable bonds is 6. The number of carbonyl (C=O) groups excluding carboxylic acids is 2. The zero-order valence-corrected chi connectivity index (χ0v) is 19.7. The highest BCUT2D eigenvalue weighted by Crippen LogP contribution is 2.35. The highest BCUT2D eigenvalue weighted by atomic mass is 16.2. The number of guanidine groups is 1. The molecule has 1 aromatic carbocycles. The first-order valence-corrected chi connectivity index (χ1v) is 11.8. The van der Waals surface area contributed by atoms with Gasteiger partial charge in [-0.3, -0.25) is 19.9 Å². The molecule has 3 amide bonds. The maximum Gasteiger partial charge on any atom is 0.325 e. The van der Waals surface area contributed by atoms with Gasteiger partial charge in [-0.1, -0.05) is 30.3 Å². The van der Waals surface area contributed by atoms with E-state index in [0.29, 0.717) is 0 Å². The number of aliphatic imine (C=N–C) groups is 1. The Kier molecular flexibility index (Phi) is 5.84. The summed E-state index contributed by atoms with van der Waals surface area (Å²) in [6.45, 7) is 11.3. The maximum absolute atomic E-state index is 12.6. The highest BCUT2D eigenvalue weighted by molar-refractivity contribution is 6.05. The Morgan fingerprint density at radius 3 is 2.30 bits per heavy atom. The summed E-state index contributed by atoms with van der Waals surface area (Å²) in [5, 5.41) is 2.45. The molecule has 9 nitrogen and oxygen atoms in total. The molecule has 9 heteroatoms. The lowest BCUT2D eigenvalue weighted by Gasteiger charge is -2.36. The van der Waals surface area contributed by atoms with E-state index in [4.69, 9.17) is 4.99 Å². The molecule has 0 bridgehead atoms. The van der Waals surface area contributed by atoms with E-state index in [9.17, 15) is 9.59 Å². The van der Waals surface area contributed by atoms with Gasteiger partial charge in [-0.2, -0.15) is 0 Å². The summed E-state index contributed by atoms with van der Waals surface area (Å²) in [6.07, 6.45) is 0.625. The predicted octanol–water partition coefficient (Wildman–Crippen LogP) is 0.962. The van der Waals surface area contributed by atoms with E-state index in [1.54, 1.807) is 7.05 Å². The van der Waals surface area contributed by atoms with Crippen molar-refractivity contribution in [2.45, 2.75) is 32.5 Å². The van der Waals surface area contributed by atoms with Crippen molar-refractivity contribution in [2.24, 2.45) is 4.99 Å². The third kappa shape index (κ3) is 4.00. The maximum atomic E-state index is 12.6. The smallest absolute Gasteiger partial charge is 0.313 e. The number of piperazine rings is 1. The van der Waals surface area contributed by atoms with E-state index < -0.39 is 12.2 Å². The molecule has 33 heavy (non-hydrogen) atoms. The molecule has 5 rings (SSSR count). The second-order valence-corrected chi connectivity index (χ2v) is 9.30. The number of urea groups is 1. The molecule has 1 aromatic rings. The molecule has 0 spiro atoms. The molecular weight excluding hydrogens is 418 g/mol. The molecule has 4 heterocycles. The number of hydrogen-bond donors (Lipinski definition) is 1. The van der Waals surface area contributed by atoms with Gasteiger partial charge in [-0.25, -0.2) is 9.79 Å². The van der Waals surface area contributed by atoms with Gasteiger partial charge in [-0.15, -0.1) is 0 Å². The summed E-state index contributed by atoms with van der Waals surface area (Å²) in [5.41, 5.74) is 3.56. The van der Waals surface area contributed by atoms with E-state index in [2.05, 4.69) is 57.3 Å². The van der Waals surface area contributed by atoms with Crippen molar-refractivity contribution in [3.8, 4) is 0 Å². The summed E-state index contributed by atoms with van der Waals surface area (Å²) >= 11 is 0. The van der Waals surface area contributed by atoms with Crippen molar-refractivity contribution in [1.82, 2.24) is 29.8 Å². The van der Waals surface area contributed by atoms with E-state index in [1.165, 1.54) is 10.5 Å². The monoisotopic (exact) mass is 451 g/mol. The SMILES string of the molecule is CC1=C(C)N2C(=NC3C2C(=O)NC(=O)N3C)N1CCN1CCN(CCc2ccccc2)CC1. The molecule has 0 radical (unpaired) electrons. The number of hydrogen-bond acceptors (Lipinski definition) is 7. The summed E-state index contributed by atoms with van der Waals surface area (Å²) in [6, 6.07) is 9.81. The Bertz CT molecular complexity index is 984. The van der Waals surface area contributed by atoms with Crippen LogP contribution in [-0.2, 0) is 11.2 Å². The molecule has 1 N–H and O–H groups in total. The van der Waals surface area contributed by atoms with Crippen molar-refractivity contribution in [3.05, 3.63) is 47.3 Å². The van der Waals surface area contributed by atoms with Crippen LogP contribution in [0.5, 0.6) is 0 Å². The first kappa shape index (κ1) is 21.9. The third-order valence-electron chi connectivity index (χ3n) is 7.44. The molecule has 0 aromatic heterocycles. The number of allylic oxidation sites excluding steroid dienone is 2. The van der Waals surface area contributed by atoms with Gasteiger partial charge in [0, 0.05) is 64.3 Å². The Balaban J connectivity index is 1.16. The molecule has 2 fully saturated rings. The number of amides is 3. The van der Waals surface area contributed by atoms with Crippen LogP contribution in [-0.4, -0.2) is 107 Å². The standard InChI is InChI=1S/C24H33N7O2/c1-17-18(2)31-20-21(27(3)24(33)26-22(20)32)25-23(31)30(17)16-15-29-13-11-28(12-14-29)10-9-19-7-5-4-6-8-19/h4-8,20-21H,9-16H2,1-3H3,(H,26,32,33). The Morgan fingerprint density at radius 2 is 1.61 bits per heavy atom. The highest BCUT2D eigenvalue weighted by Gasteiger charge is 2.53. The summed E-state index contributed by atoms with van der Waals surface area (Å²) in [7, 11) is 1.69. The van der Waals surface area contributed by atoms with Crippen LogP contribution in [0.4, 0.5) is 4.79 Å². The number of likely N-dealkylation sites (N-methyl/N-ethyl adjacent to an activating group) is 1. The second-order valence-electron chi connectivity index (χ2n) is 9.30. The fourth-order valence-electron chi connectivity index (χ4n) is 5.20. The Morgan fingerprint density at radius 1 is 0.939 bits per heavy atom. The number of nitrogens with zero attached hydrogens (tertiary/aromatic N) is 6. The number of nitrogens with one attached hydrogen (secondary N) is 1. The zero-order valence-electron chi connectivity index (χ0n) is 19.7. The third-order valence-corrected chi connectivity index (χ3v) is 7.44.